The smallest absolute Gasteiger partial charge is 0.504 e. The molecule has 164 valence electrons. The van der Waals surface area contributed by atoms with Gasteiger partial charge in [-0.1, -0.05) is 6.07 Å². The molecule has 0 unspecified atom stereocenters. The summed E-state index contributed by atoms with van der Waals surface area (Å²) in [5, 5.41) is 21.9. The molecule has 0 radical (unpaired) electrons. The van der Waals surface area contributed by atoms with Crippen molar-refractivity contribution in [2.24, 2.45) is 0 Å². The van der Waals surface area contributed by atoms with E-state index in [9.17, 15) is 9.90 Å². The number of nitrogens with zero attached hydrogens (tertiary/aromatic N) is 2. The summed E-state index contributed by atoms with van der Waals surface area (Å²) < 4.78 is 15.8. The molecular weight excluding hydrogens is 402 g/mol. The molecule has 3 aromatic rings. The highest BCUT2D eigenvalue weighted by Gasteiger charge is 2.21. The van der Waals surface area contributed by atoms with Gasteiger partial charge >= 0.3 is 6.16 Å². The van der Waals surface area contributed by atoms with Gasteiger partial charge in [0.15, 0.2) is 17.1 Å². The predicted molar refractivity (Wildman–Crippen MR) is 114 cm³/mol. The number of carbonyl (C=O) groups is 1. The van der Waals surface area contributed by atoms with Crippen LogP contribution in [0.4, 0.5) is 10.8 Å². The summed E-state index contributed by atoms with van der Waals surface area (Å²) in [5.41, 5.74) is 2.21. The number of anilines is 1. The fourth-order valence-corrected chi connectivity index (χ4v) is 3.73. The van der Waals surface area contributed by atoms with Gasteiger partial charge in [0.25, 0.3) is 6.01 Å². The number of hydrogen-bond acceptors (Lipinski definition) is 8. The molecule has 31 heavy (non-hydrogen) atoms. The number of aromatic hydroxyl groups is 1. The van der Waals surface area contributed by atoms with E-state index in [2.05, 4.69) is 19.9 Å². The first-order valence-corrected chi connectivity index (χ1v) is 10.2. The van der Waals surface area contributed by atoms with E-state index in [0.29, 0.717) is 29.5 Å². The second-order valence-electron chi connectivity index (χ2n) is 7.45. The highest BCUT2D eigenvalue weighted by molar-refractivity contribution is 5.77. The van der Waals surface area contributed by atoms with Crippen LogP contribution >= 0.6 is 0 Å². The van der Waals surface area contributed by atoms with Crippen LogP contribution in [-0.2, 0) is 6.54 Å². The van der Waals surface area contributed by atoms with Gasteiger partial charge in [0.2, 0.25) is 0 Å². The minimum absolute atomic E-state index is 0.161. The molecule has 0 atom stereocenters. The number of fused-ring (bicyclic) bond motifs is 1. The van der Waals surface area contributed by atoms with Crippen molar-refractivity contribution in [3.05, 3.63) is 42.0 Å². The minimum Gasteiger partial charge on any atom is -0.504 e. The number of piperidine rings is 1. The first-order chi connectivity index (χ1) is 15.0. The first-order valence-electron chi connectivity index (χ1n) is 10.2. The number of carboxylic acid groups (broad SMARTS) is 1. The van der Waals surface area contributed by atoms with E-state index >= 15 is 0 Å². The summed E-state index contributed by atoms with van der Waals surface area (Å²) in [4.78, 5) is 17.5. The summed E-state index contributed by atoms with van der Waals surface area (Å²) in [7, 11) is 0. The van der Waals surface area contributed by atoms with Crippen molar-refractivity contribution in [1.82, 2.24) is 9.88 Å². The van der Waals surface area contributed by atoms with E-state index in [-0.39, 0.29) is 17.5 Å². The molecule has 1 fully saturated rings. The molecule has 1 aliphatic heterocycles. The number of phenols is 1. The van der Waals surface area contributed by atoms with Crippen LogP contribution in [0.2, 0.25) is 0 Å². The van der Waals surface area contributed by atoms with E-state index in [4.69, 9.17) is 14.3 Å². The fourth-order valence-electron chi connectivity index (χ4n) is 3.73. The van der Waals surface area contributed by atoms with Gasteiger partial charge < -0.3 is 29.4 Å². The van der Waals surface area contributed by atoms with Gasteiger partial charge in [-0.25, -0.2) is 4.79 Å². The van der Waals surface area contributed by atoms with Crippen LogP contribution in [0.25, 0.3) is 11.1 Å². The molecule has 0 saturated carbocycles. The quantitative estimate of drug-likeness (QED) is 0.379. The van der Waals surface area contributed by atoms with E-state index in [0.717, 1.165) is 38.0 Å². The van der Waals surface area contributed by atoms with Gasteiger partial charge in [-0.15, -0.1) is 0 Å². The lowest BCUT2D eigenvalue weighted by molar-refractivity contribution is 0.144. The molecule has 0 spiro atoms. The Morgan fingerprint density at radius 2 is 2.06 bits per heavy atom. The summed E-state index contributed by atoms with van der Waals surface area (Å²) >= 11 is 0. The van der Waals surface area contributed by atoms with Crippen LogP contribution in [-0.4, -0.2) is 52.0 Å². The molecule has 3 N–H and O–H groups in total. The van der Waals surface area contributed by atoms with Crippen molar-refractivity contribution in [2.45, 2.75) is 32.4 Å². The van der Waals surface area contributed by atoms with Crippen molar-refractivity contribution in [2.75, 3.05) is 25.0 Å². The zero-order valence-corrected chi connectivity index (χ0v) is 17.2. The summed E-state index contributed by atoms with van der Waals surface area (Å²) in [6, 6.07) is 10.9. The molecule has 0 aliphatic carbocycles. The summed E-state index contributed by atoms with van der Waals surface area (Å²) in [6.45, 7) is 5.03. The second kappa shape index (κ2) is 9.13. The monoisotopic (exact) mass is 427 g/mol. The van der Waals surface area contributed by atoms with E-state index < -0.39 is 6.16 Å². The maximum Gasteiger partial charge on any atom is 0.511 e. The Labute approximate surface area is 179 Å². The largest absolute Gasteiger partial charge is 0.511 e. The van der Waals surface area contributed by atoms with Crippen molar-refractivity contribution >= 4 is 23.3 Å². The van der Waals surface area contributed by atoms with Gasteiger partial charge in [-0.05, 0) is 49.6 Å². The second-order valence-corrected chi connectivity index (χ2v) is 7.45. The van der Waals surface area contributed by atoms with Crippen LogP contribution in [0.5, 0.6) is 17.2 Å². The number of likely N-dealkylation sites (tertiary alicyclic amines) is 1. The lowest BCUT2D eigenvalue weighted by atomic mass is 10.0. The highest BCUT2D eigenvalue weighted by atomic mass is 16.7. The molecule has 9 heteroatoms. The van der Waals surface area contributed by atoms with E-state index in [1.165, 1.54) is 6.07 Å². The Morgan fingerprint density at radius 3 is 2.81 bits per heavy atom. The molecule has 1 aromatic heterocycles. The van der Waals surface area contributed by atoms with Crippen LogP contribution in [0.3, 0.4) is 0 Å². The zero-order chi connectivity index (χ0) is 21.8. The normalized spacial score (nSPS) is 15.1. The van der Waals surface area contributed by atoms with Crippen LogP contribution in [0.1, 0.15) is 25.3 Å². The number of rotatable bonds is 7. The molecule has 1 saturated heterocycles. The van der Waals surface area contributed by atoms with Crippen molar-refractivity contribution < 1.29 is 28.9 Å². The van der Waals surface area contributed by atoms with E-state index in [1.807, 2.05) is 19.1 Å². The predicted octanol–water partition coefficient (Wildman–Crippen LogP) is 4.07. The lowest BCUT2D eigenvalue weighted by Crippen LogP contribution is -2.38. The number of oxazole rings is 1. The molecule has 2 heterocycles. The zero-order valence-electron chi connectivity index (χ0n) is 17.2. The molecule has 4 rings (SSSR count). The number of hydrogen-bond donors (Lipinski definition) is 3. The fraction of sp³-hybridized carbons (Fsp3) is 0.364. The molecular formula is C22H25N3O6. The lowest BCUT2D eigenvalue weighted by Gasteiger charge is -2.32. The van der Waals surface area contributed by atoms with Gasteiger partial charge in [0.05, 0.1) is 6.61 Å². The molecule has 2 aromatic carbocycles. The molecule has 9 nitrogen and oxygen atoms in total. The summed E-state index contributed by atoms with van der Waals surface area (Å²) in [5.74, 6) is 0.871. The highest BCUT2D eigenvalue weighted by Crippen LogP contribution is 2.28. The number of ether oxygens (including phenoxy) is 2. The topological polar surface area (TPSA) is 117 Å². The third-order valence-electron chi connectivity index (χ3n) is 5.21. The average Bonchev–Trinajstić information content (AvgIpc) is 3.13. The number of benzene rings is 2. The van der Waals surface area contributed by atoms with E-state index in [1.54, 1.807) is 18.2 Å². The Morgan fingerprint density at radius 1 is 1.26 bits per heavy atom. The SMILES string of the molecule is CCOc1cc(CN2CCC(Nc3nc4ccc(OC(=O)O)cc4o3)CC2)ccc1O. The standard InChI is InChI=1S/C22H25N3O6/c1-2-29-20-11-14(3-6-18(20)26)13-25-9-7-15(8-10-25)23-21-24-17-5-4-16(30-22(27)28)12-19(17)31-21/h3-6,11-12,15,26H,2,7-10,13H2,1H3,(H,23,24)(H,27,28). The number of phenolic OH excluding ortho intramolecular Hbond substituents is 1. The Kier molecular flexibility index (Phi) is 6.13. The number of aromatic nitrogens is 1. The Balaban J connectivity index is 1.32. The molecule has 1 aliphatic rings. The Bertz CT molecular complexity index is 1060. The Hall–Kier alpha value is -3.46. The number of nitrogens with one attached hydrogen (secondary N) is 1. The van der Waals surface area contributed by atoms with Crippen LogP contribution in [0, 0.1) is 0 Å². The van der Waals surface area contributed by atoms with Crippen molar-refractivity contribution in [3.63, 3.8) is 0 Å². The maximum atomic E-state index is 10.7. The molecule has 0 bridgehead atoms. The third-order valence-corrected chi connectivity index (χ3v) is 5.21. The average molecular weight is 427 g/mol. The minimum atomic E-state index is -1.37. The maximum absolute atomic E-state index is 10.7. The van der Waals surface area contributed by atoms with Gasteiger partial charge in [-0.3, -0.25) is 4.90 Å². The van der Waals surface area contributed by atoms with Crippen LogP contribution in [0.15, 0.2) is 40.8 Å². The molecule has 0 amide bonds. The van der Waals surface area contributed by atoms with Gasteiger partial charge in [0, 0.05) is 31.7 Å². The van der Waals surface area contributed by atoms with Crippen molar-refractivity contribution in [3.8, 4) is 17.2 Å². The summed E-state index contributed by atoms with van der Waals surface area (Å²) in [6.07, 6.45) is 0.496. The van der Waals surface area contributed by atoms with Crippen LogP contribution < -0.4 is 14.8 Å². The third kappa shape index (κ3) is 5.18. The van der Waals surface area contributed by atoms with Crippen molar-refractivity contribution in [1.29, 1.82) is 0 Å². The first kappa shape index (κ1) is 20.8. The van der Waals surface area contributed by atoms with Gasteiger partial charge in [0.1, 0.15) is 11.3 Å². The van der Waals surface area contributed by atoms with Gasteiger partial charge in [-0.2, -0.15) is 4.98 Å².